The molecule has 2 unspecified atom stereocenters. The topological polar surface area (TPSA) is 28.3 Å². The Morgan fingerprint density at radius 3 is 2.83 bits per heavy atom. The van der Waals surface area contributed by atoms with E-state index in [-0.39, 0.29) is 17.8 Å². The quantitative estimate of drug-likeness (QED) is 0.612. The van der Waals surface area contributed by atoms with Crippen LogP contribution < -0.4 is 4.74 Å². The molecular formula is C26H31ClN2O. The zero-order valence-electron chi connectivity index (χ0n) is 17.7. The van der Waals surface area contributed by atoms with E-state index in [0.717, 1.165) is 18.1 Å². The lowest BCUT2D eigenvalue weighted by molar-refractivity contribution is 0.0783. The summed E-state index contributed by atoms with van der Waals surface area (Å²) in [5, 5.41) is 1.43. The van der Waals surface area contributed by atoms with Gasteiger partial charge in [-0.05, 0) is 79.8 Å². The summed E-state index contributed by atoms with van der Waals surface area (Å²) in [6.45, 7) is 3.76. The van der Waals surface area contributed by atoms with Gasteiger partial charge >= 0.3 is 0 Å². The first-order valence-corrected chi connectivity index (χ1v) is 11.2. The minimum Gasteiger partial charge on any atom is -0.497 e. The highest BCUT2D eigenvalue weighted by Crippen LogP contribution is 2.50. The molecule has 2 aromatic carbocycles. The number of nitrogens with one attached hydrogen (secondary N) is 1. The first-order valence-electron chi connectivity index (χ1n) is 11.2. The Balaban J connectivity index is 0.00000193. The molecule has 2 atom stereocenters. The van der Waals surface area contributed by atoms with Gasteiger partial charge in [-0.15, -0.1) is 12.4 Å². The fourth-order valence-electron chi connectivity index (χ4n) is 6.08. The number of methoxy groups -OCH3 is 1. The van der Waals surface area contributed by atoms with Gasteiger partial charge in [0.1, 0.15) is 5.75 Å². The number of piperidine rings is 1. The van der Waals surface area contributed by atoms with Crippen LogP contribution in [-0.2, 0) is 18.3 Å². The average Bonchev–Trinajstić information content (AvgIpc) is 3.51. The smallest absolute Gasteiger partial charge is 0.119 e. The molecule has 2 aliphatic carbocycles. The van der Waals surface area contributed by atoms with Crippen LogP contribution in [-0.4, -0.2) is 36.6 Å². The molecule has 30 heavy (non-hydrogen) atoms. The van der Waals surface area contributed by atoms with Gasteiger partial charge in [0.15, 0.2) is 0 Å². The first kappa shape index (κ1) is 20.0. The second-order valence-corrected chi connectivity index (χ2v) is 9.55. The molecule has 0 spiro atoms. The van der Waals surface area contributed by atoms with Gasteiger partial charge in [0, 0.05) is 35.1 Å². The summed E-state index contributed by atoms with van der Waals surface area (Å²) in [6, 6.07) is 17.8. The van der Waals surface area contributed by atoms with Gasteiger partial charge < -0.3 is 14.6 Å². The molecule has 2 fully saturated rings. The third-order valence-corrected chi connectivity index (χ3v) is 7.84. The number of ether oxygens (including phenoxy) is 1. The summed E-state index contributed by atoms with van der Waals surface area (Å²) in [7, 11) is 1.78. The zero-order valence-corrected chi connectivity index (χ0v) is 18.5. The number of hydrogen-bond donors (Lipinski definition) is 1. The number of hydrogen-bond acceptors (Lipinski definition) is 2. The molecule has 1 saturated heterocycles. The number of aromatic nitrogens is 1. The lowest BCUT2D eigenvalue weighted by atomic mass is 9.58. The second-order valence-electron chi connectivity index (χ2n) is 9.55. The van der Waals surface area contributed by atoms with Crippen LogP contribution in [0.1, 0.15) is 36.1 Å². The summed E-state index contributed by atoms with van der Waals surface area (Å²) >= 11 is 0. The van der Waals surface area contributed by atoms with E-state index in [1.165, 1.54) is 67.5 Å². The van der Waals surface area contributed by atoms with Crippen LogP contribution in [0, 0.1) is 11.8 Å². The van der Waals surface area contributed by atoms with Crippen LogP contribution >= 0.6 is 12.4 Å². The lowest BCUT2D eigenvalue weighted by Crippen LogP contribution is -2.54. The van der Waals surface area contributed by atoms with E-state index in [0.29, 0.717) is 5.92 Å². The average molecular weight is 423 g/mol. The number of rotatable bonds is 4. The molecule has 1 saturated carbocycles. The molecule has 0 amide bonds. The SMILES string of the molecule is COc1cccc(C23CCN(CC4CC4)CC2Cc2c([nH]c4ccccc24)C3)c1.Cl. The van der Waals surface area contributed by atoms with Crippen LogP contribution in [0.4, 0.5) is 0 Å². The highest BCUT2D eigenvalue weighted by Gasteiger charge is 2.48. The molecule has 158 valence electrons. The molecule has 6 rings (SSSR count). The molecule has 4 heteroatoms. The normalized spacial score (nSPS) is 26.0. The standard InChI is InChI=1S/C26H30N2O.ClH/c1-29-21-6-4-5-19(13-21)26-11-12-28(16-18-9-10-18)17-20(26)14-23-22-7-2-3-8-24(22)27-25(23)15-26;/h2-8,13,18,20,27H,9-12,14-17H2,1H3;1H. The Bertz CT molecular complexity index is 1060. The van der Waals surface area contributed by atoms with E-state index >= 15 is 0 Å². The van der Waals surface area contributed by atoms with Gasteiger partial charge in [-0.2, -0.15) is 0 Å². The van der Waals surface area contributed by atoms with Crippen molar-refractivity contribution in [3.8, 4) is 5.75 Å². The molecular weight excluding hydrogens is 392 g/mol. The maximum Gasteiger partial charge on any atom is 0.119 e. The van der Waals surface area contributed by atoms with Crippen LogP contribution in [0.2, 0.25) is 0 Å². The Labute approximate surface area is 185 Å². The van der Waals surface area contributed by atoms with Gasteiger partial charge in [-0.3, -0.25) is 0 Å². The van der Waals surface area contributed by atoms with Crippen LogP contribution in [0.3, 0.4) is 0 Å². The number of nitrogens with zero attached hydrogens (tertiary/aromatic N) is 1. The molecule has 1 aliphatic heterocycles. The number of para-hydroxylation sites is 1. The molecule has 1 aromatic heterocycles. The summed E-state index contributed by atoms with van der Waals surface area (Å²) in [4.78, 5) is 6.55. The van der Waals surface area contributed by atoms with Crippen molar-refractivity contribution in [2.75, 3.05) is 26.7 Å². The maximum atomic E-state index is 5.60. The molecule has 0 radical (unpaired) electrons. The minimum atomic E-state index is 0. The molecule has 2 heterocycles. The Hall–Kier alpha value is -1.97. The van der Waals surface area contributed by atoms with Crippen molar-refractivity contribution in [2.45, 2.75) is 37.5 Å². The summed E-state index contributed by atoms with van der Waals surface area (Å²) in [5.41, 5.74) is 6.00. The zero-order chi connectivity index (χ0) is 19.4. The predicted molar refractivity (Wildman–Crippen MR) is 125 cm³/mol. The van der Waals surface area contributed by atoms with Gasteiger partial charge in [0.05, 0.1) is 7.11 Å². The van der Waals surface area contributed by atoms with E-state index in [2.05, 4.69) is 58.4 Å². The Morgan fingerprint density at radius 2 is 2.00 bits per heavy atom. The van der Waals surface area contributed by atoms with Crippen molar-refractivity contribution in [3.05, 3.63) is 65.4 Å². The van der Waals surface area contributed by atoms with Gasteiger partial charge in [-0.1, -0.05) is 30.3 Å². The summed E-state index contributed by atoms with van der Waals surface area (Å²) in [6.07, 6.45) is 6.42. The van der Waals surface area contributed by atoms with Crippen LogP contribution in [0.25, 0.3) is 10.9 Å². The highest BCUT2D eigenvalue weighted by atomic mass is 35.5. The molecule has 3 aromatic rings. The van der Waals surface area contributed by atoms with Gasteiger partial charge in [0.25, 0.3) is 0 Å². The van der Waals surface area contributed by atoms with Crippen molar-refractivity contribution in [3.63, 3.8) is 0 Å². The number of fused-ring (bicyclic) bond motifs is 4. The monoisotopic (exact) mass is 422 g/mol. The number of aromatic amines is 1. The van der Waals surface area contributed by atoms with E-state index in [4.69, 9.17) is 4.74 Å². The van der Waals surface area contributed by atoms with E-state index in [1.807, 2.05) is 0 Å². The van der Waals surface area contributed by atoms with E-state index in [9.17, 15) is 0 Å². The molecule has 3 aliphatic rings. The molecule has 0 bridgehead atoms. The van der Waals surface area contributed by atoms with Gasteiger partial charge in [0.2, 0.25) is 0 Å². The third-order valence-electron chi connectivity index (χ3n) is 7.84. The fraction of sp³-hybridized carbons (Fsp3) is 0.462. The Kier molecular flexibility index (Phi) is 5.07. The first-order chi connectivity index (χ1) is 14.2. The number of benzene rings is 2. The highest BCUT2D eigenvalue weighted by molar-refractivity contribution is 5.85. The fourth-order valence-corrected chi connectivity index (χ4v) is 6.08. The Morgan fingerprint density at radius 1 is 1.13 bits per heavy atom. The van der Waals surface area contributed by atoms with Crippen LogP contribution in [0.5, 0.6) is 5.75 Å². The van der Waals surface area contributed by atoms with Crippen molar-refractivity contribution in [2.24, 2.45) is 11.8 Å². The van der Waals surface area contributed by atoms with E-state index < -0.39 is 0 Å². The third kappa shape index (κ3) is 3.23. The largest absolute Gasteiger partial charge is 0.497 e. The van der Waals surface area contributed by atoms with Crippen molar-refractivity contribution >= 4 is 23.3 Å². The second kappa shape index (κ2) is 7.62. The number of likely N-dealkylation sites (tertiary alicyclic amines) is 1. The van der Waals surface area contributed by atoms with Crippen LogP contribution in [0.15, 0.2) is 48.5 Å². The molecule has 3 nitrogen and oxygen atoms in total. The summed E-state index contributed by atoms with van der Waals surface area (Å²) < 4.78 is 5.60. The maximum absolute atomic E-state index is 5.60. The van der Waals surface area contributed by atoms with Gasteiger partial charge in [-0.25, -0.2) is 0 Å². The summed E-state index contributed by atoms with van der Waals surface area (Å²) in [5.74, 6) is 2.61. The number of H-pyrrole nitrogens is 1. The number of halogens is 1. The lowest BCUT2D eigenvalue weighted by Gasteiger charge is -2.51. The van der Waals surface area contributed by atoms with Crippen molar-refractivity contribution in [1.82, 2.24) is 9.88 Å². The predicted octanol–water partition coefficient (Wildman–Crippen LogP) is 5.37. The molecule has 1 N–H and O–H groups in total. The van der Waals surface area contributed by atoms with Crippen molar-refractivity contribution < 1.29 is 4.74 Å². The minimum absolute atomic E-state index is 0. The van der Waals surface area contributed by atoms with E-state index in [1.54, 1.807) is 12.7 Å². The van der Waals surface area contributed by atoms with Crippen molar-refractivity contribution in [1.29, 1.82) is 0 Å².